The molecule has 7 nitrogen and oxygen atoms in total. The number of phenols is 1. The lowest BCUT2D eigenvalue weighted by Crippen LogP contribution is -2.42. The summed E-state index contributed by atoms with van der Waals surface area (Å²) in [5, 5.41) is 9.18. The van der Waals surface area contributed by atoms with Gasteiger partial charge in [0.1, 0.15) is 5.60 Å². The number of phenolic OH excluding ortho intramolecular Hbond substituents is 1. The smallest absolute Gasteiger partial charge is 0.410 e. The molecule has 0 saturated carbocycles. The zero-order valence-electron chi connectivity index (χ0n) is 17.2. The molecule has 2 aromatic rings. The van der Waals surface area contributed by atoms with E-state index in [-0.39, 0.29) is 23.6 Å². The van der Waals surface area contributed by atoms with Crippen LogP contribution in [0.3, 0.4) is 0 Å². The summed E-state index contributed by atoms with van der Waals surface area (Å²) >= 11 is 0. The van der Waals surface area contributed by atoms with Gasteiger partial charge in [0.2, 0.25) is 0 Å². The summed E-state index contributed by atoms with van der Waals surface area (Å²) in [5.74, 6) is -2.87. The molecule has 1 amide bonds. The third kappa shape index (κ3) is 5.55. The van der Waals surface area contributed by atoms with Gasteiger partial charge in [-0.15, -0.1) is 0 Å². The first-order valence-electron chi connectivity index (χ1n) is 9.73. The van der Waals surface area contributed by atoms with Gasteiger partial charge in [-0.05, 0) is 57.2 Å². The maximum absolute atomic E-state index is 13.5. The average molecular weight is 421 g/mol. The Morgan fingerprint density at radius 3 is 2.23 bits per heavy atom. The molecule has 1 N–H and O–H groups in total. The third-order valence-corrected chi connectivity index (χ3v) is 4.69. The van der Waals surface area contributed by atoms with E-state index in [4.69, 9.17) is 9.47 Å². The molecule has 1 saturated heterocycles. The van der Waals surface area contributed by atoms with Gasteiger partial charge < -0.3 is 19.5 Å². The Labute approximate surface area is 173 Å². The fourth-order valence-electron chi connectivity index (χ4n) is 3.07. The van der Waals surface area contributed by atoms with Crippen molar-refractivity contribution in [2.24, 2.45) is 5.92 Å². The van der Waals surface area contributed by atoms with Crippen molar-refractivity contribution in [1.29, 1.82) is 0 Å². The number of rotatable bonds is 4. The molecule has 2 heterocycles. The minimum absolute atomic E-state index is 0.160. The van der Waals surface area contributed by atoms with Crippen molar-refractivity contribution < 1.29 is 28.2 Å². The van der Waals surface area contributed by atoms with Gasteiger partial charge in [0.15, 0.2) is 17.4 Å². The summed E-state index contributed by atoms with van der Waals surface area (Å²) in [6.45, 7) is 7.12. The van der Waals surface area contributed by atoms with E-state index in [2.05, 4.69) is 9.97 Å². The lowest BCUT2D eigenvalue weighted by atomic mass is 9.98. The Morgan fingerprint density at radius 2 is 1.70 bits per heavy atom. The first-order valence-corrected chi connectivity index (χ1v) is 9.73. The number of ether oxygens (including phenoxy) is 2. The second-order valence-corrected chi connectivity index (χ2v) is 8.26. The molecule has 1 aromatic carbocycles. The van der Waals surface area contributed by atoms with Crippen molar-refractivity contribution in [2.75, 3.05) is 19.7 Å². The van der Waals surface area contributed by atoms with Gasteiger partial charge in [-0.25, -0.2) is 23.5 Å². The molecular weight excluding hydrogens is 396 g/mol. The highest BCUT2D eigenvalue weighted by molar-refractivity contribution is 5.68. The van der Waals surface area contributed by atoms with Crippen LogP contribution < -0.4 is 4.74 Å². The van der Waals surface area contributed by atoms with Gasteiger partial charge in [0.25, 0.3) is 0 Å². The Balaban J connectivity index is 1.50. The van der Waals surface area contributed by atoms with Crippen LogP contribution in [-0.2, 0) is 4.74 Å². The number of amides is 1. The molecule has 0 radical (unpaired) electrons. The molecule has 1 aliphatic heterocycles. The van der Waals surface area contributed by atoms with Crippen LogP contribution in [0.2, 0.25) is 0 Å². The van der Waals surface area contributed by atoms with Crippen LogP contribution in [0.25, 0.3) is 11.1 Å². The lowest BCUT2D eigenvalue weighted by Gasteiger charge is -2.33. The monoisotopic (exact) mass is 421 g/mol. The molecule has 1 fully saturated rings. The number of carbonyl (C=O) groups is 1. The molecule has 3 rings (SSSR count). The van der Waals surface area contributed by atoms with Crippen molar-refractivity contribution in [3.8, 4) is 22.9 Å². The SMILES string of the molecule is CC(C)(C)OC(=O)N1CCC(COc2ncc(-c3cc(F)c(O)c(F)c3)cn2)CC1. The number of benzene rings is 1. The number of halogens is 2. The van der Waals surface area contributed by atoms with Gasteiger partial charge in [0.05, 0.1) is 6.61 Å². The Kier molecular flexibility index (Phi) is 6.38. The Hall–Kier alpha value is -2.97. The molecule has 1 aromatic heterocycles. The maximum Gasteiger partial charge on any atom is 0.410 e. The van der Waals surface area contributed by atoms with Crippen LogP contribution in [0.1, 0.15) is 33.6 Å². The molecular formula is C21H25F2N3O4. The number of nitrogens with zero attached hydrogens (tertiary/aromatic N) is 3. The molecule has 30 heavy (non-hydrogen) atoms. The van der Waals surface area contributed by atoms with Crippen LogP contribution in [0.4, 0.5) is 13.6 Å². The first kappa shape index (κ1) is 21.7. The zero-order chi connectivity index (χ0) is 21.9. The van der Waals surface area contributed by atoms with Crippen molar-refractivity contribution >= 4 is 6.09 Å². The minimum atomic E-state index is -1.05. The van der Waals surface area contributed by atoms with Crippen LogP contribution in [0, 0.1) is 17.6 Å². The van der Waals surface area contributed by atoms with E-state index in [1.54, 1.807) is 4.90 Å². The fourth-order valence-corrected chi connectivity index (χ4v) is 3.07. The Bertz CT molecular complexity index is 869. The lowest BCUT2D eigenvalue weighted by molar-refractivity contribution is 0.0163. The summed E-state index contributed by atoms with van der Waals surface area (Å²) in [4.78, 5) is 22.0. The van der Waals surface area contributed by atoms with Crippen LogP contribution >= 0.6 is 0 Å². The molecule has 0 unspecified atom stereocenters. The van der Waals surface area contributed by atoms with Gasteiger partial charge in [-0.3, -0.25) is 0 Å². The Morgan fingerprint density at radius 1 is 1.13 bits per heavy atom. The number of hydrogen-bond donors (Lipinski definition) is 1. The number of hydrogen-bond acceptors (Lipinski definition) is 6. The van der Waals surface area contributed by atoms with Crippen LogP contribution in [0.15, 0.2) is 24.5 Å². The van der Waals surface area contributed by atoms with Crippen LogP contribution in [0.5, 0.6) is 11.8 Å². The summed E-state index contributed by atoms with van der Waals surface area (Å²) in [6, 6.07) is 2.18. The normalized spacial score (nSPS) is 15.2. The standard InChI is InChI=1S/C21H25F2N3O4/c1-21(2,3)30-20(28)26-6-4-13(5-7-26)12-29-19-24-10-15(11-25-19)14-8-16(22)18(27)17(23)9-14/h8-11,13,27H,4-7,12H2,1-3H3. The van der Waals surface area contributed by atoms with Crippen molar-refractivity contribution in [3.05, 3.63) is 36.2 Å². The summed E-state index contributed by atoms with van der Waals surface area (Å²) in [5.41, 5.74) is 0.0905. The van der Waals surface area contributed by atoms with Crippen molar-refractivity contribution in [1.82, 2.24) is 14.9 Å². The highest BCUT2D eigenvalue weighted by Crippen LogP contribution is 2.28. The van der Waals surface area contributed by atoms with Gasteiger partial charge >= 0.3 is 12.1 Å². The van der Waals surface area contributed by atoms with E-state index >= 15 is 0 Å². The van der Waals surface area contributed by atoms with Gasteiger partial charge in [0, 0.05) is 31.0 Å². The van der Waals surface area contributed by atoms with Crippen molar-refractivity contribution in [2.45, 2.75) is 39.2 Å². The van der Waals surface area contributed by atoms with Gasteiger partial charge in [-0.2, -0.15) is 0 Å². The highest BCUT2D eigenvalue weighted by atomic mass is 19.1. The average Bonchev–Trinajstić information content (AvgIpc) is 2.69. The summed E-state index contributed by atoms with van der Waals surface area (Å²) in [7, 11) is 0. The quantitative estimate of drug-likeness (QED) is 0.798. The largest absolute Gasteiger partial charge is 0.503 e. The van der Waals surface area contributed by atoms with E-state index in [0.717, 1.165) is 25.0 Å². The van der Waals surface area contributed by atoms with E-state index in [1.807, 2.05) is 20.8 Å². The minimum Gasteiger partial charge on any atom is -0.503 e. The summed E-state index contributed by atoms with van der Waals surface area (Å²) in [6.07, 6.45) is 4.06. The number of aromatic hydroxyl groups is 1. The second-order valence-electron chi connectivity index (χ2n) is 8.26. The van der Waals surface area contributed by atoms with E-state index < -0.39 is 23.0 Å². The molecule has 1 aliphatic rings. The fraction of sp³-hybridized carbons (Fsp3) is 0.476. The molecule has 0 bridgehead atoms. The number of piperidine rings is 1. The first-order chi connectivity index (χ1) is 14.1. The molecule has 0 aliphatic carbocycles. The van der Waals surface area contributed by atoms with Gasteiger partial charge in [-0.1, -0.05) is 0 Å². The molecule has 162 valence electrons. The molecule has 9 heteroatoms. The third-order valence-electron chi connectivity index (χ3n) is 4.69. The molecule has 0 spiro atoms. The highest BCUT2D eigenvalue weighted by Gasteiger charge is 2.27. The number of likely N-dealkylation sites (tertiary alicyclic amines) is 1. The van der Waals surface area contributed by atoms with E-state index in [0.29, 0.717) is 25.3 Å². The van der Waals surface area contributed by atoms with E-state index in [9.17, 15) is 18.7 Å². The second kappa shape index (κ2) is 8.81. The molecule has 0 atom stereocenters. The van der Waals surface area contributed by atoms with E-state index in [1.165, 1.54) is 12.4 Å². The zero-order valence-corrected chi connectivity index (χ0v) is 17.2. The maximum atomic E-state index is 13.5. The van der Waals surface area contributed by atoms with Crippen LogP contribution in [-0.4, -0.2) is 51.4 Å². The summed E-state index contributed by atoms with van der Waals surface area (Å²) < 4.78 is 38.0. The predicted molar refractivity (Wildman–Crippen MR) is 105 cm³/mol. The predicted octanol–water partition coefficient (Wildman–Crippen LogP) is 4.15. The van der Waals surface area contributed by atoms with Crippen molar-refractivity contribution in [3.63, 3.8) is 0 Å². The number of aromatic nitrogens is 2. The number of carbonyl (C=O) groups excluding carboxylic acids is 1. The topological polar surface area (TPSA) is 84.8 Å².